The van der Waals surface area contributed by atoms with Gasteiger partial charge >= 0.3 is 0 Å². The van der Waals surface area contributed by atoms with E-state index in [9.17, 15) is 0 Å². The van der Waals surface area contributed by atoms with Crippen LogP contribution in [0.25, 0.3) is 11.3 Å². The standard InChI is InChI=1S/C21H16N2O/c1-3-7-16(8-4-1)19-11-12-20(24-19)21(17-9-5-2-6-10-17)18-13-22-15-23-14-18/h1-15,21H. The van der Waals surface area contributed by atoms with Crippen LogP contribution in [0.15, 0.2) is 95.9 Å². The van der Waals surface area contributed by atoms with Crippen LogP contribution in [-0.2, 0) is 0 Å². The molecule has 24 heavy (non-hydrogen) atoms. The third-order valence-electron chi connectivity index (χ3n) is 4.02. The molecule has 0 spiro atoms. The van der Waals surface area contributed by atoms with Gasteiger partial charge in [-0.05, 0) is 17.7 Å². The highest BCUT2D eigenvalue weighted by molar-refractivity contribution is 5.58. The van der Waals surface area contributed by atoms with Gasteiger partial charge in [-0.3, -0.25) is 0 Å². The number of rotatable bonds is 4. The lowest BCUT2D eigenvalue weighted by Gasteiger charge is -2.15. The second-order valence-corrected chi connectivity index (χ2v) is 5.58. The van der Waals surface area contributed by atoms with Gasteiger partial charge in [-0.2, -0.15) is 0 Å². The van der Waals surface area contributed by atoms with Gasteiger partial charge in [0, 0.05) is 23.5 Å². The number of benzene rings is 2. The van der Waals surface area contributed by atoms with Crippen molar-refractivity contribution in [2.45, 2.75) is 5.92 Å². The maximum atomic E-state index is 6.19. The Hall–Kier alpha value is -3.20. The highest BCUT2D eigenvalue weighted by atomic mass is 16.3. The van der Waals surface area contributed by atoms with Gasteiger partial charge in [-0.25, -0.2) is 9.97 Å². The van der Waals surface area contributed by atoms with Gasteiger partial charge in [0.05, 0.1) is 5.92 Å². The molecule has 1 atom stereocenters. The van der Waals surface area contributed by atoms with Crippen molar-refractivity contribution in [2.24, 2.45) is 0 Å². The third kappa shape index (κ3) is 2.84. The minimum Gasteiger partial charge on any atom is -0.460 e. The molecule has 0 N–H and O–H groups in total. The Bertz CT molecular complexity index is 863. The first-order valence-corrected chi connectivity index (χ1v) is 7.87. The second kappa shape index (κ2) is 6.50. The Balaban J connectivity index is 1.79. The predicted octanol–water partition coefficient (Wildman–Crippen LogP) is 4.92. The molecule has 0 fully saturated rings. The van der Waals surface area contributed by atoms with E-state index in [2.05, 4.69) is 22.1 Å². The minimum atomic E-state index is -0.0233. The van der Waals surface area contributed by atoms with Crippen LogP contribution in [0.1, 0.15) is 22.8 Å². The smallest absolute Gasteiger partial charge is 0.134 e. The van der Waals surface area contributed by atoms with Crippen molar-refractivity contribution in [1.82, 2.24) is 9.97 Å². The molecule has 3 heteroatoms. The van der Waals surface area contributed by atoms with Crippen LogP contribution < -0.4 is 0 Å². The molecule has 4 aromatic rings. The molecule has 0 radical (unpaired) electrons. The summed E-state index contributed by atoms with van der Waals surface area (Å²) < 4.78 is 6.19. The van der Waals surface area contributed by atoms with E-state index in [-0.39, 0.29) is 5.92 Å². The Morgan fingerprint density at radius 2 is 1.33 bits per heavy atom. The normalized spacial score (nSPS) is 12.0. The van der Waals surface area contributed by atoms with Crippen molar-refractivity contribution in [3.8, 4) is 11.3 Å². The number of hydrogen-bond acceptors (Lipinski definition) is 3. The van der Waals surface area contributed by atoms with Crippen LogP contribution >= 0.6 is 0 Å². The zero-order chi connectivity index (χ0) is 16.2. The molecule has 116 valence electrons. The van der Waals surface area contributed by atoms with Crippen molar-refractivity contribution in [1.29, 1.82) is 0 Å². The molecule has 2 heterocycles. The topological polar surface area (TPSA) is 38.9 Å². The molecule has 1 unspecified atom stereocenters. The van der Waals surface area contributed by atoms with E-state index in [0.29, 0.717) is 0 Å². The monoisotopic (exact) mass is 312 g/mol. The molecule has 4 rings (SSSR count). The minimum absolute atomic E-state index is 0.0233. The molecular formula is C21H16N2O. The average molecular weight is 312 g/mol. The zero-order valence-electron chi connectivity index (χ0n) is 13.0. The lowest BCUT2D eigenvalue weighted by molar-refractivity contribution is 0.515. The fourth-order valence-electron chi connectivity index (χ4n) is 2.89. The molecule has 2 aromatic heterocycles. The summed E-state index contributed by atoms with van der Waals surface area (Å²) in [4.78, 5) is 8.34. The Labute approximate surface area is 140 Å². The van der Waals surface area contributed by atoms with E-state index in [1.165, 1.54) is 0 Å². The largest absolute Gasteiger partial charge is 0.460 e. The van der Waals surface area contributed by atoms with Gasteiger partial charge in [-0.1, -0.05) is 60.7 Å². The van der Waals surface area contributed by atoms with Crippen LogP contribution in [0.3, 0.4) is 0 Å². The van der Waals surface area contributed by atoms with Gasteiger partial charge in [0.15, 0.2) is 0 Å². The van der Waals surface area contributed by atoms with Crippen molar-refractivity contribution in [2.75, 3.05) is 0 Å². The first-order valence-electron chi connectivity index (χ1n) is 7.87. The highest BCUT2D eigenvalue weighted by Crippen LogP contribution is 2.34. The Morgan fingerprint density at radius 3 is 2.04 bits per heavy atom. The van der Waals surface area contributed by atoms with E-state index >= 15 is 0 Å². The van der Waals surface area contributed by atoms with Gasteiger partial charge < -0.3 is 4.42 Å². The fourth-order valence-corrected chi connectivity index (χ4v) is 2.89. The second-order valence-electron chi connectivity index (χ2n) is 5.58. The number of aromatic nitrogens is 2. The quantitative estimate of drug-likeness (QED) is 0.537. The summed E-state index contributed by atoms with van der Waals surface area (Å²) in [6.45, 7) is 0. The Kier molecular flexibility index (Phi) is 3.90. The first kappa shape index (κ1) is 14.4. The third-order valence-corrected chi connectivity index (χ3v) is 4.02. The van der Waals surface area contributed by atoms with Crippen molar-refractivity contribution in [3.63, 3.8) is 0 Å². The molecule has 0 aliphatic carbocycles. The van der Waals surface area contributed by atoms with Gasteiger partial charge in [0.2, 0.25) is 0 Å². The molecule has 0 saturated heterocycles. The summed E-state index contributed by atoms with van der Waals surface area (Å²) in [5, 5.41) is 0. The summed E-state index contributed by atoms with van der Waals surface area (Å²) in [5.74, 6) is 1.73. The average Bonchev–Trinajstić information content (AvgIpc) is 3.14. The van der Waals surface area contributed by atoms with Gasteiger partial charge in [0.25, 0.3) is 0 Å². The van der Waals surface area contributed by atoms with Crippen LogP contribution in [-0.4, -0.2) is 9.97 Å². The van der Waals surface area contributed by atoms with Crippen LogP contribution in [0.5, 0.6) is 0 Å². The van der Waals surface area contributed by atoms with Gasteiger partial charge in [-0.15, -0.1) is 0 Å². The molecule has 0 aliphatic rings. The van der Waals surface area contributed by atoms with Crippen molar-refractivity contribution < 1.29 is 4.42 Å². The summed E-state index contributed by atoms with van der Waals surface area (Å²) in [5.41, 5.74) is 3.23. The number of hydrogen-bond donors (Lipinski definition) is 0. The lowest BCUT2D eigenvalue weighted by atomic mass is 9.91. The maximum absolute atomic E-state index is 6.19. The van der Waals surface area contributed by atoms with Gasteiger partial charge in [0.1, 0.15) is 17.8 Å². The van der Waals surface area contributed by atoms with E-state index in [1.807, 2.05) is 73.1 Å². The molecule has 3 nitrogen and oxygen atoms in total. The molecule has 0 amide bonds. The maximum Gasteiger partial charge on any atom is 0.134 e. The molecule has 0 saturated carbocycles. The first-order chi connectivity index (χ1) is 11.9. The number of furan rings is 1. The van der Waals surface area contributed by atoms with E-state index in [1.54, 1.807) is 6.33 Å². The van der Waals surface area contributed by atoms with Crippen LogP contribution in [0, 0.1) is 0 Å². The summed E-state index contributed by atoms with van der Waals surface area (Å²) in [7, 11) is 0. The Morgan fingerprint density at radius 1 is 0.667 bits per heavy atom. The van der Waals surface area contributed by atoms with E-state index < -0.39 is 0 Å². The SMILES string of the molecule is c1ccc(-c2ccc(C(c3ccccc3)c3cncnc3)o2)cc1. The van der Waals surface area contributed by atoms with Crippen LogP contribution in [0.2, 0.25) is 0 Å². The molecule has 0 bridgehead atoms. The zero-order valence-corrected chi connectivity index (χ0v) is 13.0. The summed E-state index contributed by atoms with van der Waals surface area (Å²) in [6, 6.07) is 24.5. The van der Waals surface area contributed by atoms with Crippen molar-refractivity contribution in [3.05, 3.63) is 108 Å². The van der Waals surface area contributed by atoms with E-state index in [4.69, 9.17) is 4.42 Å². The number of nitrogens with zero attached hydrogens (tertiary/aromatic N) is 2. The van der Waals surface area contributed by atoms with E-state index in [0.717, 1.165) is 28.2 Å². The predicted molar refractivity (Wildman–Crippen MR) is 93.6 cm³/mol. The molecule has 2 aromatic carbocycles. The summed E-state index contributed by atoms with van der Waals surface area (Å²) in [6.07, 6.45) is 5.23. The summed E-state index contributed by atoms with van der Waals surface area (Å²) >= 11 is 0. The molecular weight excluding hydrogens is 296 g/mol. The molecule has 0 aliphatic heterocycles. The van der Waals surface area contributed by atoms with Crippen LogP contribution in [0.4, 0.5) is 0 Å². The highest BCUT2D eigenvalue weighted by Gasteiger charge is 2.21. The fraction of sp³-hybridized carbons (Fsp3) is 0.0476. The lowest BCUT2D eigenvalue weighted by Crippen LogP contribution is -2.03. The van der Waals surface area contributed by atoms with Crippen molar-refractivity contribution >= 4 is 0 Å².